The van der Waals surface area contributed by atoms with Gasteiger partial charge < -0.3 is 10.2 Å². The van der Waals surface area contributed by atoms with Gasteiger partial charge >= 0.3 is 0 Å². The zero-order valence-corrected chi connectivity index (χ0v) is 12.5. The molecule has 1 aliphatic carbocycles. The number of likely N-dealkylation sites (tertiary alicyclic amines) is 1. The number of hydrogen-bond acceptors (Lipinski definition) is 2. The van der Waals surface area contributed by atoms with Crippen molar-refractivity contribution >= 4 is 11.6 Å². The molecule has 2 unspecified atom stereocenters. The fourth-order valence-corrected chi connectivity index (χ4v) is 3.87. The molecule has 3 nitrogen and oxygen atoms in total. The number of carbonyl (C=O) groups excluding carboxylic acids is 1. The van der Waals surface area contributed by atoms with E-state index in [1.165, 1.54) is 32.1 Å². The SMILES string of the molecule is CNc1ccc(C)cc1C(=O)N1CCC2CCCCC21. The maximum absolute atomic E-state index is 12.9. The van der Waals surface area contributed by atoms with E-state index >= 15 is 0 Å². The molecule has 1 aromatic rings. The summed E-state index contributed by atoms with van der Waals surface area (Å²) < 4.78 is 0. The summed E-state index contributed by atoms with van der Waals surface area (Å²) in [7, 11) is 1.88. The molecule has 1 saturated carbocycles. The van der Waals surface area contributed by atoms with E-state index in [1.54, 1.807) is 0 Å². The van der Waals surface area contributed by atoms with Crippen molar-refractivity contribution in [1.29, 1.82) is 0 Å². The van der Waals surface area contributed by atoms with Crippen LogP contribution in [0.2, 0.25) is 0 Å². The van der Waals surface area contributed by atoms with Gasteiger partial charge in [0.25, 0.3) is 5.91 Å². The van der Waals surface area contributed by atoms with Gasteiger partial charge in [-0.25, -0.2) is 0 Å². The summed E-state index contributed by atoms with van der Waals surface area (Å²) >= 11 is 0. The molecular formula is C17H24N2O. The zero-order valence-electron chi connectivity index (χ0n) is 12.5. The average molecular weight is 272 g/mol. The number of hydrogen-bond donors (Lipinski definition) is 1. The molecule has 0 aromatic heterocycles. The van der Waals surface area contributed by atoms with E-state index in [0.717, 1.165) is 29.3 Å². The second kappa shape index (κ2) is 5.47. The minimum Gasteiger partial charge on any atom is -0.387 e. The first-order valence-electron chi connectivity index (χ1n) is 7.80. The normalized spacial score (nSPS) is 25.4. The molecule has 2 aliphatic rings. The summed E-state index contributed by atoms with van der Waals surface area (Å²) in [4.78, 5) is 15.1. The van der Waals surface area contributed by atoms with Gasteiger partial charge in [0.1, 0.15) is 0 Å². The van der Waals surface area contributed by atoms with Gasteiger partial charge in [-0.05, 0) is 44.2 Å². The zero-order chi connectivity index (χ0) is 14.1. The smallest absolute Gasteiger partial charge is 0.256 e. The minimum absolute atomic E-state index is 0.215. The Kier molecular flexibility index (Phi) is 3.68. The Bertz CT molecular complexity index is 512. The highest BCUT2D eigenvalue weighted by atomic mass is 16.2. The van der Waals surface area contributed by atoms with Gasteiger partial charge in [0.05, 0.1) is 5.56 Å². The summed E-state index contributed by atoms with van der Waals surface area (Å²) in [5, 5.41) is 3.15. The topological polar surface area (TPSA) is 32.3 Å². The molecule has 20 heavy (non-hydrogen) atoms. The molecule has 1 saturated heterocycles. The van der Waals surface area contributed by atoms with Crippen LogP contribution in [0, 0.1) is 12.8 Å². The predicted molar refractivity (Wildman–Crippen MR) is 82.1 cm³/mol. The third-order valence-electron chi connectivity index (χ3n) is 4.95. The van der Waals surface area contributed by atoms with Crippen molar-refractivity contribution in [2.75, 3.05) is 18.9 Å². The van der Waals surface area contributed by atoms with E-state index in [2.05, 4.69) is 16.3 Å². The van der Waals surface area contributed by atoms with Crippen LogP contribution < -0.4 is 5.32 Å². The summed E-state index contributed by atoms with van der Waals surface area (Å²) in [6, 6.07) is 6.57. The van der Waals surface area contributed by atoms with Crippen LogP contribution in [0.15, 0.2) is 18.2 Å². The van der Waals surface area contributed by atoms with E-state index in [4.69, 9.17) is 0 Å². The highest BCUT2D eigenvalue weighted by Gasteiger charge is 2.38. The number of rotatable bonds is 2. The lowest BCUT2D eigenvalue weighted by molar-refractivity contribution is 0.0691. The molecule has 0 spiro atoms. The quantitative estimate of drug-likeness (QED) is 0.894. The Morgan fingerprint density at radius 2 is 2.05 bits per heavy atom. The van der Waals surface area contributed by atoms with Crippen LogP contribution >= 0.6 is 0 Å². The number of benzene rings is 1. The number of nitrogens with zero attached hydrogens (tertiary/aromatic N) is 1. The standard InChI is InChI=1S/C17H24N2O/c1-12-7-8-15(18-2)14(11-12)17(20)19-10-9-13-5-3-4-6-16(13)19/h7-8,11,13,16,18H,3-6,9-10H2,1-2H3. The lowest BCUT2D eigenvalue weighted by Gasteiger charge is -2.32. The Morgan fingerprint density at radius 3 is 2.85 bits per heavy atom. The molecule has 0 radical (unpaired) electrons. The maximum Gasteiger partial charge on any atom is 0.256 e. The van der Waals surface area contributed by atoms with Gasteiger partial charge in [0, 0.05) is 25.3 Å². The molecule has 108 valence electrons. The van der Waals surface area contributed by atoms with Crippen LogP contribution in [-0.4, -0.2) is 30.4 Å². The predicted octanol–water partition coefficient (Wildman–Crippen LogP) is 3.44. The van der Waals surface area contributed by atoms with Gasteiger partial charge in [-0.3, -0.25) is 4.79 Å². The number of amides is 1. The van der Waals surface area contributed by atoms with Crippen LogP contribution in [0.25, 0.3) is 0 Å². The number of anilines is 1. The van der Waals surface area contributed by atoms with Crippen LogP contribution in [0.1, 0.15) is 48.0 Å². The maximum atomic E-state index is 12.9. The molecule has 3 rings (SSSR count). The monoisotopic (exact) mass is 272 g/mol. The van der Waals surface area contributed by atoms with E-state index in [0.29, 0.717) is 6.04 Å². The molecular weight excluding hydrogens is 248 g/mol. The molecule has 0 bridgehead atoms. The molecule has 1 amide bonds. The molecule has 1 aromatic carbocycles. The summed E-state index contributed by atoms with van der Waals surface area (Å²) in [6.07, 6.45) is 6.31. The average Bonchev–Trinajstić information content (AvgIpc) is 2.90. The van der Waals surface area contributed by atoms with Crippen LogP contribution in [0.3, 0.4) is 0 Å². The van der Waals surface area contributed by atoms with Crippen molar-refractivity contribution in [2.24, 2.45) is 5.92 Å². The lowest BCUT2D eigenvalue weighted by Crippen LogP contribution is -2.39. The fraction of sp³-hybridized carbons (Fsp3) is 0.588. The molecule has 1 aliphatic heterocycles. The lowest BCUT2D eigenvalue weighted by atomic mass is 9.85. The van der Waals surface area contributed by atoms with Gasteiger partial charge in [0.15, 0.2) is 0 Å². The van der Waals surface area contributed by atoms with Gasteiger partial charge in [0.2, 0.25) is 0 Å². The second-order valence-corrected chi connectivity index (χ2v) is 6.20. The Balaban J connectivity index is 1.87. The van der Waals surface area contributed by atoms with E-state index < -0.39 is 0 Å². The highest BCUT2D eigenvalue weighted by Crippen LogP contribution is 2.37. The van der Waals surface area contributed by atoms with Crippen LogP contribution in [0.5, 0.6) is 0 Å². The highest BCUT2D eigenvalue weighted by molar-refractivity contribution is 6.00. The Morgan fingerprint density at radius 1 is 1.25 bits per heavy atom. The van der Waals surface area contributed by atoms with Crippen molar-refractivity contribution in [3.63, 3.8) is 0 Å². The molecule has 3 heteroatoms. The first-order chi connectivity index (χ1) is 9.70. The van der Waals surface area contributed by atoms with Gasteiger partial charge in [-0.1, -0.05) is 24.5 Å². The van der Waals surface area contributed by atoms with E-state index in [-0.39, 0.29) is 5.91 Å². The van der Waals surface area contributed by atoms with E-state index in [9.17, 15) is 4.79 Å². The van der Waals surface area contributed by atoms with Crippen LogP contribution in [0.4, 0.5) is 5.69 Å². The van der Waals surface area contributed by atoms with Crippen molar-refractivity contribution in [1.82, 2.24) is 4.90 Å². The number of aryl methyl sites for hydroxylation is 1. The van der Waals surface area contributed by atoms with Crippen LogP contribution in [-0.2, 0) is 0 Å². The van der Waals surface area contributed by atoms with Crippen molar-refractivity contribution in [3.05, 3.63) is 29.3 Å². The third-order valence-corrected chi connectivity index (χ3v) is 4.95. The van der Waals surface area contributed by atoms with Gasteiger partial charge in [-0.15, -0.1) is 0 Å². The summed E-state index contributed by atoms with van der Waals surface area (Å²) in [6.45, 7) is 2.98. The van der Waals surface area contributed by atoms with Gasteiger partial charge in [-0.2, -0.15) is 0 Å². The van der Waals surface area contributed by atoms with E-state index in [1.807, 2.05) is 26.1 Å². The largest absolute Gasteiger partial charge is 0.387 e. The van der Waals surface area contributed by atoms with Crippen molar-refractivity contribution < 1.29 is 4.79 Å². The first-order valence-corrected chi connectivity index (χ1v) is 7.80. The third kappa shape index (κ3) is 2.30. The number of carbonyl (C=O) groups is 1. The fourth-order valence-electron chi connectivity index (χ4n) is 3.87. The molecule has 1 heterocycles. The minimum atomic E-state index is 0.215. The Labute approximate surface area is 121 Å². The second-order valence-electron chi connectivity index (χ2n) is 6.20. The molecule has 2 fully saturated rings. The molecule has 1 N–H and O–H groups in total. The number of fused-ring (bicyclic) bond motifs is 1. The van der Waals surface area contributed by atoms with Crippen molar-refractivity contribution in [2.45, 2.75) is 45.1 Å². The summed E-state index contributed by atoms with van der Waals surface area (Å²) in [5.41, 5.74) is 2.92. The van der Waals surface area contributed by atoms with Crippen molar-refractivity contribution in [3.8, 4) is 0 Å². The summed E-state index contributed by atoms with van der Waals surface area (Å²) in [5.74, 6) is 0.961. The Hall–Kier alpha value is -1.51. The first kappa shape index (κ1) is 13.5. The number of nitrogens with one attached hydrogen (secondary N) is 1. The molecule has 2 atom stereocenters.